The molecule has 1 aromatic rings. The summed E-state index contributed by atoms with van der Waals surface area (Å²) in [5, 5.41) is 15.4. The van der Waals surface area contributed by atoms with Crippen molar-refractivity contribution >= 4 is 17.4 Å². The molecule has 0 bridgehead atoms. The highest BCUT2D eigenvalue weighted by Gasteiger charge is 2.18. The first-order valence-corrected chi connectivity index (χ1v) is 7.86. The van der Waals surface area contributed by atoms with Crippen molar-refractivity contribution in [2.75, 3.05) is 6.54 Å². The summed E-state index contributed by atoms with van der Waals surface area (Å²) in [6.07, 6.45) is -0.532. The number of hydrogen-bond donors (Lipinski definition) is 2. The first kappa shape index (κ1) is 16.9. The summed E-state index contributed by atoms with van der Waals surface area (Å²) in [5.74, 6) is 0.409. The molecular formula is C14H25N3O2S. The van der Waals surface area contributed by atoms with Crippen LogP contribution in [0.2, 0.25) is 0 Å². The van der Waals surface area contributed by atoms with Gasteiger partial charge in [-0.3, -0.25) is 0 Å². The van der Waals surface area contributed by atoms with E-state index < -0.39 is 6.10 Å². The predicted octanol–water partition coefficient (Wildman–Crippen LogP) is 2.57. The fraction of sp³-hybridized carbons (Fsp3) is 0.714. The number of aromatic nitrogens is 1. The lowest BCUT2D eigenvalue weighted by molar-refractivity contribution is 0.118. The second-order valence-electron chi connectivity index (χ2n) is 5.59. The van der Waals surface area contributed by atoms with Gasteiger partial charge in [0.05, 0.1) is 23.4 Å². The van der Waals surface area contributed by atoms with Crippen molar-refractivity contribution in [1.82, 2.24) is 15.2 Å². The van der Waals surface area contributed by atoms with Crippen LogP contribution in [0.5, 0.6) is 0 Å². The van der Waals surface area contributed by atoms with Crippen LogP contribution in [0.4, 0.5) is 4.79 Å². The van der Waals surface area contributed by atoms with E-state index in [-0.39, 0.29) is 12.1 Å². The number of urea groups is 1. The smallest absolute Gasteiger partial charge is 0.318 e. The maximum Gasteiger partial charge on any atom is 0.318 e. The lowest BCUT2D eigenvalue weighted by atomic mass is 10.2. The Bertz CT molecular complexity index is 430. The number of aliphatic hydroxyl groups excluding tert-OH is 1. The number of nitrogens with zero attached hydrogens (tertiary/aromatic N) is 2. The van der Waals surface area contributed by atoms with Crippen LogP contribution in [0.1, 0.15) is 51.2 Å². The van der Waals surface area contributed by atoms with E-state index in [1.54, 1.807) is 23.2 Å². The van der Waals surface area contributed by atoms with Crippen molar-refractivity contribution in [2.45, 2.75) is 59.2 Å². The zero-order chi connectivity index (χ0) is 15.3. The molecule has 0 saturated heterocycles. The van der Waals surface area contributed by atoms with Gasteiger partial charge in [0.1, 0.15) is 0 Å². The Morgan fingerprint density at radius 1 is 1.40 bits per heavy atom. The Balaban J connectivity index is 2.55. The summed E-state index contributed by atoms with van der Waals surface area (Å²) in [6, 6.07) is -0.119. The van der Waals surface area contributed by atoms with E-state index in [1.165, 1.54) is 0 Å². The SMILES string of the molecule is CC(O)CN(C(=O)NCc1csc(C(C)C)n1)C(C)C. The fourth-order valence-electron chi connectivity index (χ4n) is 1.75. The number of aliphatic hydroxyl groups is 1. The van der Waals surface area contributed by atoms with Crippen LogP contribution in [-0.2, 0) is 6.54 Å². The number of carbonyl (C=O) groups excluding carboxylic acids is 1. The molecule has 0 aliphatic heterocycles. The molecule has 2 amide bonds. The van der Waals surface area contributed by atoms with Gasteiger partial charge in [-0.2, -0.15) is 0 Å². The van der Waals surface area contributed by atoms with Crippen LogP contribution in [0.15, 0.2) is 5.38 Å². The van der Waals surface area contributed by atoms with Crippen molar-refractivity contribution < 1.29 is 9.90 Å². The zero-order valence-electron chi connectivity index (χ0n) is 12.9. The molecule has 2 N–H and O–H groups in total. The van der Waals surface area contributed by atoms with E-state index in [1.807, 2.05) is 19.2 Å². The van der Waals surface area contributed by atoms with Gasteiger partial charge in [0, 0.05) is 23.9 Å². The summed E-state index contributed by atoms with van der Waals surface area (Å²) in [7, 11) is 0. The second kappa shape index (κ2) is 7.59. The van der Waals surface area contributed by atoms with E-state index in [4.69, 9.17) is 0 Å². The van der Waals surface area contributed by atoms with E-state index in [2.05, 4.69) is 24.1 Å². The molecule has 1 atom stereocenters. The topological polar surface area (TPSA) is 65.5 Å². The molecule has 0 aliphatic rings. The van der Waals surface area contributed by atoms with Crippen LogP contribution in [0, 0.1) is 0 Å². The summed E-state index contributed by atoms with van der Waals surface area (Å²) in [6.45, 7) is 10.5. The minimum atomic E-state index is -0.532. The van der Waals surface area contributed by atoms with Crippen molar-refractivity contribution in [3.63, 3.8) is 0 Å². The predicted molar refractivity (Wildman–Crippen MR) is 82.0 cm³/mol. The molecule has 6 heteroatoms. The van der Waals surface area contributed by atoms with Crippen LogP contribution >= 0.6 is 11.3 Å². The highest BCUT2D eigenvalue weighted by Crippen LogP contribution is 2.19. The first-order chi connectivity index (χ1) is 9.31. The third kappa shape index (κ3) is 5.09. The summed E-state index contributed by atoms with van der Waals surface area (Å²) < 4.78 is 0. The molecule has 0 fully saturated rings. The number of rotatable bonds is 6. The quantitative estimate of drug-likeness (QED) is 0.848. The molecule has 1 aromatic heterocycles. The number of carbonyl (C=O) groups is 1. The van der Waals surface area contributed by atoms with Gasteiger partial charge in [0.25, 0.3) is 0 Å². The molecule has 1 unspecified atom stereocenters. The van der Waals surface area contributed by atoms with Gasteiger partial charge in [-0.1, -0.05) is 13.8 Å². The lowest BCUT2D eigenvalue weighted by Gasteiger charge is -2.28. The van der Waals surface area contributed by atoms with Crippen molar-refractivity contribution in [2.24, 2.45) is 0 Å². The Kier molecular flexibility index (Phi) is 6.42. The minimum Gasteiger partial charge on any atom is -0.392 e. The van der Waals surface area contributed by atoms with Gasteiger partial charge in [0.15, 0.2) is 0 Å². The van der Waals surface area contributed by atoms with Gasteiger partial charge >= 0.3 is 6.03 Å². The largest absolute Gasteiger partial charge is 0.392 e. The highest BCUT2D eigenvalue weighted by atomic mass is 32.1. The van der Waals surface area contributed by atoms with Gasteiger partial charge in [0.2, 0.25) is 0 Å². The molecule has 1 heterocycles. The summed E-state index contributed by atoms with van der Waals surface area (Å²) in [5.41, 5.74) is 0.882. The third-order valence-corrected chi connectivity index (χ3v) is 4.02. The maximum absolute atomic E-state index is 12.1. The molecule has 20 heavy (non-hydrogen) atoms. The van der Waals surface area contributed by atoms with Gasteiger partial charge in [-0.15, -0.1) is 11.3 Å². The Hall–Kier alpha value is -1.14. The molecule has 0 saturated carbocycles. The molecule has 114 valence electrons. The Morgan fingerprint density at radius 3 is 2.50 bits per heavy atom. The van der Waals surface area contributed by atoms with E-state index in [0.29, 0.717) is 19.0 Å². The van der Waals surface area contributed by atoms with Crippen molar-refractivity contribution in [3.05, 3.63) is 16.1 Å². The molecule has 5 nitrogen and oxygen atoms in total. The number of nitrogens with one attached hydrogen (secondary N) is 1. The van der Waals surface area contributed by atoms with Crippen LogP contribution < -0.4 is 5.32 Å². The Morgan fingerprint density at radius 2 is 2.05 bits per heavy atom. The first-order valence-electron chi connectivity index (χ1n) is 6.98. The average molecular weight is 299 g/mol. The van der Waals surface area contributed by atoms with Crippen molar-refractivity contribution in [3.8, 4) is 0 Å². The Labute approximate surface area is 125 Å². The van der Waals surface area contributed by atoms with E-state index >= 15 is 0 Å². The molecular weight excluding hydrogens is 274 g/mol. The molecule has 1 rings (SSSR count). The zero-order valence-corrected chi connectivity index (χ0v) is 13.7. The van der Waals surface area contributed by atoms with Gasteiger partial charge in [-0.05, 0) is 20.8 Å². The number of amides is 2. The highest BCUT2D eigenvalue weighted by molar-refractivity contribution is 7.09. The van der Waals surface area contributed by atoms with Crippen molar-refractivity contribution in [1.29, 1.82) is 0 Å². The fourth-order valence-corrected chi connectivity index (χ4v) is 2.58. The normalized spacial score (nSPS) is 12.8. The second-order valence-corrected chi connectivity index (χ2v) is 6.48. The van der Waals surface area contributed by atoms with Gasteiger partial charge < -0.3 is 15.3 Å². The summed E-state index contributed by atoms with van der Waals surface area (Å²) in [4.78, 5) is 18.2. The molecule has 0 aliphatic carbocycles. The number of hydrogen-bond acceptors (Lipinski definition) is 4. The molecule has 0 spiro atoms. The van der Waals surface area contributed by atoms with Crippen LogP contribution in [0.25, 0.3) is 0 Å². The molecule has 0 radical (unpaired) electrons. The monoisotopic (exact) mass is 299 g/mol. The molecule has 0 aromatic carbocycles. The van der Waals surface area contributed by atoms with Crippen LogP contribution in [0.3, 0.4) is 0 Å². The van der Waals surface area contributed by atoms with E-state index in [0.717, 1.165) is 10.7 Å². The maximum atomic E-state index is 12.1. The van der Waals surface area contributed by atoms with Gasteiger partial charge in [-0.25, -0.2) is 9.78 Å². The van der Waals surface area contributed by atoms with E-state index in [9.17, 15) is 9.90 Å². The third-order valence-electron chi connectivity index (χ3n) is 2.83. The lowest BCUT2D eigenvalue weighted by Crippen LogP contribution is -2.46. The van der Waals surface area contributed by atoms with Crippen LogP contribution in [-0.4, -0.2) is 39.7 Å². The number of thiazole rings is 1. The minimum absolute atomic E-state index is 0.0475. The summed E-state index contributed by atoms with van der Waals surface area (Å²) >= 11 is 1.62. The standard InChI is InChI=1S/C14H25N3O2S/c1-9(2)13-16-12(8-20-13)6-15-14(19)17(10(3)4)7-11(5)18/h8-11,18H,6-7H2,1-5H3,(H,15,19). The average Bonchev–Trinajstić information content (AvgIpc) is 2.81.